The monoisotopic (exact) mass is 408 g/mol. The molecule has 0 heterocycles. The van der Waals surface area contributed by atoms with E-state index < -0.39 is 42.4 Å². The van der Waals surface area contributed by atoms with Crippen LogP contribution in [0.2, 0.25) is 0 Å². The van der Waals surface area contributed by atoms with Gasteiger partial charge < -0.3 is 0 Å². The highest BCUT2D eigenvalue weighted by Crippen LogP contribution is 2.23. The van der Waals surface area contributed by atoms with Crippen LogP contribution in [-0.4, -0.2) is 22.9 Å². The summed E-state index contributed by atoms with van der Waals surface area (Å²) < 4.78 is 92.4. The second-order valence-electron chi connectivity index (χ2n) is 5.58. The molecule has 11 heteroatoms. The fourth-order valence-corrected chi connectivity index (χ4v) is 4.39. The number of hydrogen-bond acceptors (Lipinski definition) is 4. The summed E-state index contributed by atoms with van der Waals surface area (Å²) in [4.78, 5) is -1.18. The second-order valence-corrected chi connectivity index (χ2v) is 8.94. The third-order valence-electron chi connectivity index (χ3n) is 3.10. The van der Waals surface area contributed by atoms with Crippen molar-refractivity contribution in [3.63, 3.8) is 0 Å². The van der Waals surface area contributed by atoms with Crippen LogP contribution in [0.5, 0.6) is 0 Å². The number of sulfonamides is 2. The standard InChI is InChI=1S/C15H15F3N2O4S2/c1-9(2)19-25(21,22)11-5-3-10(4-6-11)20-26(23,24)13-8-7-12(16)14(17)15(13)18/h3-9,19-20H,1-2H3. The number of halogens is 3. The van der Waals surface area contributed by atoms with Gasteiger partial charge in [-0.2, -0.15) is 0 Å². The highest BCUT2D eigenvalue weighted by atomic mass is 32.2. The molecule has 142 valence electrons. The normalized spacial score (nSPS) is 12.4. The van der Waals surface area contributed by atoms with Crippen molar-refractivity contribution in [3.8, 4) is 0 Å². The molecule has 0 saturated carbocycles. The van der Waals surface area contributed by atoms with E-state index in [2.05, 4.69) is 4.72 Å². The van der Waals surface area contributed by atoms with Gasteiger partial charge in [0.25, 0.3) is 10.0 Å². The van der Waals surface area contributed by atoms with Gasteiger partial charge in [0, 0.05) is 11.7 Å². The van der Waals surface area contributed by atoms with E-state index in [1.165, 1.54) is 0 Å². The third-order valence-corrected chi connectivity index (χ3v) is 6.17. The summed E-state index contributed by atoms with van der Waals surface area (Å²) >= 11 is 0. The first-order valence-electron chi connectivity index (χ1n) is 7.23. The summed E-state index contributed by atoms with van der Waals surface area (Å²) in [5.41, 5.74) is -0.0855. The molecule has 26 heavy (non-hydrogen) atoms. The Morgan fingerprint density at radius 2 is 1.38 bits per heavy atom. The first-order valence-corrected chi connectivity index (χ1v) is 10.2. The molecular formula is C15H15F3N2O4S2. The summed E-state index contributed by atoms with van der Waals surface area (Å²) in [6, 6.07) is 5.30. The lowest BCUT2D eigenvalue weighted by molar-refractivity contribution is 0.432. The van der Waals surface area contributed by atoms with E-state index >= 15 is 0 Å². The minimum atomic E-state index is -4.55. The topological polar surface area (TPSA) is 92.3 Å². The number of anilines is 1. The summed E-state index contributed by atoms with van der Waals surface area (Å²) in [6.45, 7) is 3.27. The molecular weight excluding hydrogens is 393 g/mol. The molecule has 0 aromatic heterocycles. The van der Waals surface area contributed by atoms with E-state index in [0.29, 0.717) is 12.1 Å². The maximum Gasteiger partial charge on any atom is 0.264 e. The molecule has 2 aromatic carbocycles. The Morgan fingerprint density at radius 1 is 0.808 bits per heavy atom. The lowest BCUT2D eigenvalue weighted by atomic mass is 10.3. The maximum absolute atomic E-state index is 13.7. The number of nitrogens with one attached hydrogen (secondary N) is 2. The molecule has 0 radical (unpaired) electrons. The smallest absolute Gasteiger partial charge is 0.264 e. The molecule has 0 saturated heterocycles. The predicted octanol–water partition coefficient (Wildman–Crippen LogP) is 2.59. The molecule has 2 N–H and O–H groups in total. The van der Waals surface area contributed by atoms with Crippen molar-refractivity contribution in [1.29, 1.82) is 0 Å². The van der Waals surface area contributed by atoms with Crippen molar-refractivity contribution in [3.05, 3.63) is 53.8 Å². The molecule has 6 nitrogen and oxygen atoms in total. The Kier molecular flexibility index (Phi) is 5.64. The Bertz CT molecular complexity index is 1020. The first-order chi connectivity index (χ1) is 11.9. The Hall–Kier alpha value is -2.11. The third kappa shape index (κ3) is 4.34. The van der Waals surface area contributed by atoms with E-state index in [0.717, 1.165) is 24.3 Å². The lowest BCUT2D eigenvalue weighted by Crippen LogP contribution is -2.30. The zero-order chi connectivity index (χ0) is 19.7. The molecule has 2 aromatic rings. The quantitative estimate of drug-likeness (QED) is 0.719. The molecule has 0 aliphatic rings. The summed E-state index contributed by atoms with van der Waals surface area (Å²) in [5.74, 6) is -5.28. The SMILES string of the molecule is CC(C)NS(=O)(=O)c1ccc(NS(=O)(=O)c2ccc(F)c(F)c2F)cc1. The van der Waals surface area contributed by atoms with Crippen LogP contribution in [0.25, 0.3) is 0 Å². The second kappa shape index (κ2) is 7.25. The molecule has 0 aliphatic carbocycles. The predicted molar refractivity (Wildman–Crippen MR) is 89.0 cm³/mol. The van der Waals surface area contributed by atoms with Gasteiger partial charge in [-0.05, 0) is 50.2 Å². The van der Waals surface area contributed by atoms with Gasteiger partial charge in [-0.1, -0.05) is 0 Å². The van der Waals surface area contributed by atoms with Crippen molar-refractivity contribution in [2.75, 3.05) is 4.72 Å². The van der Waals surface area contributed by atoms with E-state index in [1.807, 2.05) is 4.72 Å². The molecule has 0 atom stereocenters. The van der Waals surface area contributed by atoms with Crippen LogP contribution in [0, 0.1) is 17.5 Å². The molecule has 0 fully saturated rings. The lowest BCUT2D eigenvalue weighted by Gasteiger charge is -2.12. The molecule has 2 rings (SSSR count). The van der Waals surface area contributed by atoms with Gasteiger partial charge in [-0.25, -0.2) is 34.7 Å². The van der Waals surface area contributed by atoms with Crippen LogP contribution in [-0.2, 0) is 20.0 Å². The molecule has 0 spiro atoms. The number of benzene rings is 2. The van der Waals surface area contributed by atoms with Crippen molar-refractivity contribution in [1.82, 2.24) is 4.72 Å². The van der Waals surface area contributed by atoms with E-state index in [9.17, 15) is 30.0 Å². The van der Waals surface area contributed by atoms with Crippen LogP contribution in [0.4, 0.5) is 18.9 Å². The van der Waals surface area contributed by atoms with E-state index in [4.69, 9.17) is 0 Å². The van der Waals surface area contributed by atoms with Crippen LogP contribution >= 0.6 is 0 Å². The zero-order valence-corrected chi connectivity index (χ0v) is 15.3. The van der Waals surface area contributed by atoms with Crippen LogP contribution < -0.4 is 9.44 Å². The van der Waals surface area contributed by atoms with Crippen LogP contribution in [0.1, 0.15) is 13.8 Å². The Balaban J connectivity index is 2.30. The Labute approximate surface area is 149 Å². The molecule has 0 amide bonds. The molecule has 0 aliphatic heterocycles. The van der Waals surface area contributed by atoms with Crippen LogP contribution in [0.3, 0.4) is 0 Å². The van der Waals surface area contributed by atoms with Gasteiger partial charge in [-0.15, -0.1) is 0 Å². The molecule has 0 unspecified atom stereocenters. The Morgan fingerprint density at radius 3 is 1.92 bits per heavy atom. The van der Waals surface area contributed by atoms with Crippen molar-refractivity contribution >= 4 is 25.7 Å². The van der Waals surface area contributed by atoms with Gasteiger partial charge in [0.15, 0.2) is 17.5 Å². The van der Waals surface area contributed by atoms with E-state index in [1.54, 1.807) is 13.8 Å². The fraction of sp³-hybridized carbons (Fsp3) is 0.200. The van der Waals surface area contributed by atoms with Crippen molar-refractivity contribution in [2.24, 2.45) is 0 Å². The maximum atomic E-state index is 13.7. The first kappa shape index (κ1) is 20.2. The number of hydrogen-bond donors (Lipinski definition) is 2. The fourth-order valence-electron chi connectivity index (χ4n) is 2.01. The minimum absolute atomic E-state index is 0.0855. The van der Waals surface area contributed by atoms with Gasteiger partial charge in [0.2, 0.25) is 10.0 Å². The van der Waals surface area contributed by atoms with Crippen molar-refractivity contribution in [2.45, 2.75) is 29.7 Å². The minimum Gasteiger partial charge on any atom is -0.280 e. The van der Waals surface area contributed by atoms with Gasteiger partial charge in [0.05, 0.1) is 4.90 Å². The average Bonchev–Trinajstić information content (AvgIpc) is 2.51. The van der Waals surface area contributed by atoms with E-state index in [-0.39, 0.29) is 16.6 Å². The zero-order valence-electron chi connectivity index (χ0n) is 13.6. The van der Waals surface area contributed by atoms with Gasteiger partial charge >= 0.3 is 0 Å². The van der Waals surface area contributed by atoms with Crippen molar-refractivity contribution < 1.29 is 30.0 Å². The van der Waals surface area contributed by atoms with Crippen LogP contribution in [0.15, 0.2) is 46.2 Å². The highest BCUT2D eigenvalue weighted by molar-refractivity contribution is 7.92. The van der Waals surface area contributed by atoms with Gasteiger partial charge in [-0.3, -0.25) is 4.72 Å². The number of rotatable bonds is 6. The average molecular weight is 408 g/mol. The highest BCUT2D eigenvalue weighted by Gasteiger charge is 2.24. The summed E-state index contributed by atoms with van der Waals surface area (Å²) in [5, 5.41) is 0. The summed E-state index contributed by atoms with van der Waals surface area (Å²) in [7, 11) is -8.32. The summed E-state index contributed by atoms with van der Waals surface area (Å²) in [6.07, 6.45) is 0. The van der Waals surface area contributed by atoms with Gasteiger partial charge in [0.1, 0.15) is 4.90 Å². The molecule has 0 bridgehead atoms. The largest absolute Gasteiger partial charge is 0.280 e.